The molecule has 0 saturated carbocycles. The SMILES string of the molecule is COc1ccc(C2=NN3[C@@H](c4ccccc4OC(F)F)Oc4ccccc4[C@@H]3C2)cc1. The minimum Gasteiger partial charge on any atom is -0.497 e. The number of halogens is 2. The molecule has 0 spiro atoms. The van der Waals surface area contributed by atoms with Crippen LogP contribution in [0, 0.1) is 0 Å². The predicted octanol–water partition coefficient (Wildman–Crippen LogP) is 5.54. The van der Waals surface area contributed by atoms with Crippen molar-refractivity contribution >= 4 is 5.71 Å². The molecule has 5 nitrogen and oxygen atoms in total. The highest BCUT2D eigenvalue weighted by atomic mass is 19.3. The van der Waals surface area contributed by atoms with Gasteiger partial charge in [0.1, 0.15) is 17.2 Å². The summed E-state index contributed by atoms with van der Waals surface area (Å²) in [6.45, 7) is -2.93. The van der Waals surface area contributed by atoms with Crippen molar-refractivity contribution in [2.45, 2.75) is 25.3 Å². The highest BCUT2D eigenvalue weighted by Crippen LogP contribution is 2.48. The van der Waals surface area contributed by atoms with Crippen molar-refractivity contribution in [3.05, 3.63) is 89.5 Å². The molecule has 2 atom stereocenters. The predicted molar refractivity (Wildman–Crippen MR) is 112 cm³/mol. The maximum atomic E-state index is 13.0. The summed E-state index contributed by atoms with van der Waals surface area (Å²) in [5.74, 6) is 1.56. The monoisotopic (exact) mass is 422 g/mol. The molecule has 0 unspecified atom stereocenters. The van der Waals surface area contributed by atoms with Gasteiger partial charge in [0, 0.05) is 12.0 Å². The van der Waals surface area contributed by atoms with Crippen LogP contribution in [0.3, 0.4) is 0 Å². The van der Waals surface area contributed by atoms with E-state index >= 15 is 0 Å². The van der Waals surface area contributed by atoms with Crippen LogP contribution >= 0.6 is 0 Å². The fourth-order valence-corrected chi connectivity index (χ4v) is 4.09. The zero-order valence-corrected chi connectivity index (χ0v) is 16.7. The molecule has 2 heterocycles. The molecule has 3 aromatic rings. The van der Waals surface area contributed by atoms with Crippen molar-refractivity contribution in [3.63, 3.8) is 0 Å². The molecule has 0 saturated heterocycles. The number of hydrogen-bond donors (Lipinski definition) is 0. The Kier molecular flexibility index (Phi) is 4.94. The van der Waals surface area contributed by atoms with Crippen molar-refractivity contribution in [3.8, 4) is 17.2 Å². The molecule has 0 bridgehead atoms. The quantitative estimate of drug-likeness (QED) is 0.542. The van der Waals surface area contributed by atoms with Gasteiger partial charge in [-0.1, -0.05) is 30.3 Å². The molecule has 31 heavy (non-hydrogen) atoms. The van der Waals surface area contributed by atoms with Crippen LogP contribution in [-0.2, 0) is 0 Å². The fraction of sp³-hybridized carbons (Fsp3) is 0.208. The third-order valence-electron chi connectivity index (χ3n) is 5.52. The van der Waals surface area contributed by atoms with Crippen LogP contribution in [0.25, 0.3) is 0 Å². The van der Waals surface area contributed by atoms with E-state index in [1.807, 2.05) is 53.5 Å². The van der Waals surface area contributed by atoms with E-state index in [4.69, 9.17) is 19.3 Å². The number of ether oxygens (including phenoxy) is 3. The lowest BCUT2D eigenvalue weighted by molar-refractivity contribution is -0.0578. The molecule has 0 aromatic heterocycles. The molecule has 2 aliphatic heterocycles. The van der Waals surface area contributed by atoms with Gasteiger partial charge in [0.2, 0.25) is 6.23 Å². The zero-order valence-electron chi connectivity index (χ0n) is 16.7. The van der Waals surface area contributed by atoms with E-state index in [1.165, 1.54) is 6.07 Å². The number of alkyl halides is 2. The van der Waals surface area contributed by atoms with Gasteiger partial charge in [-0.25, -0.2) is 5.01 Å². The molecule has 0 radical (unpaired) electrons. The lowest BCUT2D eigenvalue weighted by atomic mass is 9.96. The largest absolute Gasteiger partial charge is 0.497 e. The lowest BCUT2D eigenvalue weighted by Gasteiger charge is -2.38. The van der Waals surface area contributed by atoms with E-state index in [1.54, 1.807) is 25.3 Å². The Morgan fingerprint density at radius 2 is 1.68 bits per heavy atom. The van der Waals surface area contributed by atoms with Crippen molar-refractivity contribution in [1.29, 1.82) is 0 Å². The van der Waals surface area contributed by atoms with Gasteiger partial charge in [-0.05, 0) is 48.0 Å². The number of para-hydroxylation sites is 2. The van der Waals surface area contributed by atoms with Gasteiger partial charge >= 0.3 is 6.61 Å². The van der Waals surface area contributed by atoms with Crippen LogP contribution in [0.2, 0.25) is 0 Å². The second-order valence-corrected chi connectivity index (χ2v) is 7.30. The molecule has 0 aliphatic carbocycles. The summed E-state index contributed by atoms with van der Waals surface area (Å²) in [6, 6.07) is 22.1. The summed E-state index contributed by atoms with van der Waals surface area (Å²) in [4.78, 5) is 0. The Balaban J connectivity index is 1.57. The lowest BCUT2D eigenvalue weighted by Crippen LogP contribution is -2.34. The van der Waals surface area contributed by atoms with E-state index in [-0.39, 0.29) is 11.8 Å². The van der Waals surface area contributed by atoms with Crippen LogP contribution in [0.15, 0.2) is 77.9 Å². The second-order valence-electron chi connectivity index (χ2n) is 7.30. The van der Waals surface area contributed by atoms with Crippen molar-refractivity contribution in [1.82, 2.24) is 5.01 Å². The first-order valence-electron chi connectivity index (χ1n) is 9.93. The van der Waals surface area contributed by atoms with E-state index < -0.39 is 12.8 Å². The highest BCUT2D eigenvalue weighted by molar-refractivity contribution is 6.02. The number of fused-ring (bicyclic) bond motifs is 3. The topological polar surface area (TPSA) is 43.3 Å². The van der Waals surface area contributed by atoms with E-state index in [0.717, 1.165) is 22.6 Å². The third kappa shape index (κ3) is 3.56. The smallest absolute Gasteiger partial charge is 0.387 e. The van der Waals surface area contributed by atoms with Crippen molar-refractivity contribution < 1.29 is 23.0 Å². The molecule has 7 heteroatoms. The molecule has 0 amide bonds. The van der Waals surface area contributed by atoms with Gasteiger partial charge in [0.15, 0.2) is 0 Å². The average molecular weight is 422 g/mol. The third-order valence-corrected chi connectivity index (χ3v) is 5.52. The number of methoxy groups -OCH3 is 1. The van der Waals surface area contributed by atoms with Crippen LogP contribution in [0.1, 0.15) is 35.4 Å². The number of hydrazone groups is 1. The molecule has 3 aromatic carbocycles. The first kappa shape index (κ1) is 19.4. The Bertz CT molecular complexity index is 1120. The van der Waals surface area contributed by atoms with Crippen molar-refractivity contribution in [2.24, 2.45) is 5.10 Å². The minimum absolute atomic E-state index is 0.0772. The molecule has 2 aliphatic rings. The summed E-state index contributed by atoms with van der Waals surface area (Å²) in [7, 11) is 1.63. The van der Waals surface area contributed by atoms with E-state index in [2.05, 4.69) is 0 Å². The Hall–Kier alpha value is -3.61. The number of rotatable bonds is 5. The molecule has 0 N–H and O–H groups in total. The van der Waals surface area contributed by atoms with Gasteiger partial charge in [-0.3, -0.25) is 0 Å². The summed E-state index contributed by atoms with van der Waals surface area (Å²) >= 11 is 0. The van der Waals surface area contributed by atoms with Gasteiger partial charge < -0.3 is 14.2 Å². The van der Waals surface area contributed by atoms with Gasteiger partial charge in [-0.2, -0.15) is 13.9 Å². The molecular weight excluding hydrogens is 402 g/mol. The van der Waals surface area contributed by atoms with Crippen molar-refractivity contribution in [2.75, 3.05) is 7.11 Å². The average Bonchev–Trinajstić information content (AvgIpc) is 3.24. The first-order chi connectivity index (χ1) is 15.1. The summed E-state index contributed by atoms with van der Waals surface area (Å²) in [6.07, 6.45) is -0.0215. The molecule has 0 fully saturated rings. The summed E-state index contributed by atoms with van der Waals surface area (Å²) in [5.41, 5.74) is 3.38. The first-order valence-corrected chi connectivity index (χ1v) is 9.93. The number of benzene rings is 3. The normalized spacial score (nSPS) is 19.4. The minimum atomic E-state index is -2.93. The van der Waals surface area contributed by atoms with Gasteiger partial charge in [-0.15, -0.1) is 0 Å². The van der Waals surface area contributed by atoms with Crippen LogP contribution in [0.5, 0.6) is 17.2 Å². The van der Waals surface area contributed by atoms with E-state index in [0.29, 0.717) is 17.7 Å². The van der Waals surface area contributed by atoms with Gasteiger partial charge in [0.05, 0.1) is 24.4 Å². The summed E-state index contributed by atoms with van der Waals surface area (Å²) in [5, 5.41) is 6.70. The zero-order chi connectivity index (χ0) is 21.4. The second kappa shape index (κ2) is 7.91. The standard InChI is InChI=1S/C24H20F2N2O3/c1-29-16-12-10-15(11-13-16)19-14-20-17-6-2-4-8-21(17)30-23(28(20)27-19)18-7-3-5-9-22(18)31-24(25)26/h2-13,20,23-24H,14H2,1H3/t20-,23+/m0/s1. The van der Waals surface area contributed by atoms with E-state index in [9.17, 15) is 8.78 Å². The fourth-order valence-electron chi connectivity index (χ4n) is 4.09. The number of hydrogen-bond acceptors (Lipinski definition) is 5. The van der Waals surface area contributed by atoms with Crippen LogP contribution in [-0.4, -0.2) is 24.4 Å². The molecule has 5 rings (SSSR count). The summed E-state index contributed by atoms with van der Waals surface area (Å²) < 4.78 is 42.3. The number of nitrogens with zero attached hydrogens (tertiary/aromatic N) is 2. The highest BCUT2D eigenvalue weighted by Gasteiger charge is 2.42. The van der Waals surface area contributed by atoms with Crippen LogP contribution < -0.4 is 14.2 Å². The molecular formula is C24H20F2N2O3. The Morgan fingerprint density at radius 3 is 2.42 bits per heavy atom. The Morgan fingerprint density at radius 1 is 0.968 bits per heavy atom. The Labute approximate surface area is 178 Å². The molecule has 158 valence electrons. The maximum Gasteiger partial charge on any atom is 0.387 e. The van der Waals surface area contributed by atoms with Crippen LogP contribution in [0.4, 0.5) is 8.78 Å². The van der Waals surface area contributed by atoms with Gasteiger partial charge in [0.25, 0.3) is 0 Å². The maximum absolute atomic E-state index is 13.0.